The predicted octanol–water partition coefficient (Wildman–Crippen LogP) is 3.37. The predicted molar refractivity (Wildman–Crippen MR) is 78.5 cm³/mol. The van der Waals surface area contributed by atoms with Crippen LogP contribution >= 0.6 is 0 Å². The van der Waals surface area contributed by atoms with Crippen molar-refractivity contribution in [3.8, 4) is 16.9 Å². The van der Waals surface area contributed by atoms with Crippen LogP contribution in [0.2, 0.25) is 0 Å². The summed E-state index contributed by atoms with van der Waals surface area (Å²) in [5.74, 6) is 0.566. The van der Waals surface area contributed by atoms with Gasteiger partial charge in [-0.2, -0.15) is 0 Å². The molecule has 1 aliphatic heterocycles. The minimum atomic E-state index is -0.221. The van der Waals surface area contributed by atoms with Crippen LogP contribution < -0.4 is 10.5 Å². The molecule has 0 saturated carbocycles. The minimum absolute atomic E-state index is 0.0457. The maximum Gasteiger partial charge on any atom is 0.131 e. The third-order valence-corrected chi connectivity index (χ3v) is 3.81. The molecule has 2 aromatic rings. The molecule has 3 rings (SSSR count). The molecular weight excluding hydrogens is 253 g/mol. The minimum Gasteiger partial charge on any atom is -0.488 e. The van der Waals surface area contributed by atoms with Gasteiger partial charge in [0.05, 0.1) is 0 Å². The fourth-order valence-electron chi connectivity index (χ4n) is 2.75. The van der Waals surface area contributed by atoms with Crippen LogP contribution in [0, 0.1) is 19.7 Å². The summed E-state index contributed by atoms with van der Waals surface area (Å²) in [5, 5.41) is 0. The molecule has 1 aliphatic rings. The highest BCUT2D eigenvalue weighted by atomic mass is 19.1. The first kappa shape index (κ1) is 13.1. The van der Waals surface area contributed by atoms with E-state index in [1.807, 2.05) is 13.8 Å². The Bertz CT molecular complexity index is 666. The van der Waals surface area contributed by atoms with Crippen molar-refractivity contribution in [1.82, 2.24) is 0 Å². The summed E-state index contributed by atoms with van der Waals surface area (Å²) in [4.78, 5) is 0. The van der Waals surface area contributed by atoms with Gasteiger partial charge in [-0.1, -0.05) is 23.8 Å². The maximum atomic E-state index is 13.9. The molecule has 0 radical (unpaired) electrons. The SMILES string of the molecule is Cc1ccc(C)c(-c2cc(F)cc3c2O[C@@H](CN)C3)c1. The number of halogens is 1. The van der Waals surface area contributed by atoms with Gasteiger partial charge in [0.25, 0.3) is 0 Å². The quantitative estimate of drug-likeness (QED) is 0.909. The van der Waals surface area contributed by atoms with Gasteiger partial charge in [0, 0.05) is 24.1 Å². The van der Waals surface area contributed by atoms with E-state index in [2.05, 4.69) is 18.2 Å². The monoisotopic (exact) mass is 271 g/mol. The normalized spacial score (nSPS) is 16.9. The van der Waals surface area contributed by atoms with Gasteiger partial charge < -0.3 is 10.5 Å². The molecule has 3 heteroatoms. The first-order valence-corrected chi connectivity index (χ1v) is 6.85. The van der Waals surface area contributed by atoms with Crippen LogP contribution in [0.5, 0.6) is 5.75 Å². The van der Waals surface area contributed by atoms with E-state index in [0.29, 0.717) is 13.0 Å². The Balaban J connectivity index is 2.18. The van der Waals surface area contributed by atoms with Crippen LogP contribution in [-0.4, -0.2) is 12.6 Å². The number of rotatable bonds is 2. The highest BCUT2D eigenvalue weighted by Crippen LogP contribution is 2.40. The number of ether oxygens (including phenoxy) is 1. The smallest absolute Gasteiger partial charge is 0.131 e. The van der Waals surface area contributed by atoms with Gasteiger partial charge in [0.15, 0.2) is 0 Å². The Morgan fingerprint density at radius 1 is 1.20 bits per heavy atom. The molecule has 0 bridgehead atoms. The Hall–Kier alpha value is -1.87. The number of nitrogens with two attached hydrogens (primary N) is 1. The third-order valence-electron chi connectivity index (χ3n) is 3.81. The lowest BCUT2D eigenvalue weighted by atomic mass is 9.95. The molecule has 2 aromatic carbocycles. The number of benzene rings is 2. The number of fused-ring (bicyclic) bond motifs is 1. The summed E-state index contributed by atoms with van der Waals surface area (Å²) in [6.45, 7) is 4.51. The maximum absolute atomic E-state index is 13.9. The van der Waals surface area contributed by atoms with Crippen LogP contribution in [0.3, 0.4) is 0 Å². The van der Waals surface area contributed by atoms with Crippen LogP contribution in [0.4, 0.5) is 4.39 Å². The molecule has 20 heavy (non-hydrogen) atoms. The van der Waals surface area contributed by atoms with Crippen LogP contribution in [-0.2, 0) is 6.42 Å². The molecule has 1 atom stereocenters. The van der Waals surface area contributed by atoms with Crippen molar-refractivity contribution in [1.29, 1.82) is 0 Å². The number of hydrogen-bond acceptors (Lipinski definition) is 2. The van der Waals surface area contributed by atoms with Crippen molar-refractivity contribution < 1.29 is 9.13 Å². The van der Waals surface area contributed by atoms with Crippen molar-refractivity contribution in [2.24, 2.45) is 5.73 Å². The summed E-state index contributed by atoms with van der Waals surface area (Å²) in [6.07, 6.45) is 0.636. The first-order chi connectivity index (χ1) is 9.58. The zero-order valence-electron chi connectivity index (χ0n) is 11.7. The van der Waals surface area contributed by atoms with Crippen molar-refractivity contribution in [3.05, 3.63) is 52.8 Å². The molecule has 0 aliphatic carbocycles. The van der Waals surface area contributed by atoms with E-state index in [1.165, 1.54) is 0 Å². The fraction of sp³-hybridized carbons (Fsp3) is 0.294. The Morgan fingerprint density at radius 3 is 2.75 bits per heavy atom. The average molecular weight is 271 g/mol. The van der Waals surface area contributed by atoms with E-state index in [1.54, 1.807) is 12.1 Å². The van der Waals surface area contributed by atoms with E-state index < -0.39 is 0 Å². The van der Waals surface area contributed by atoms with Crippen LogP contribution in [0.15, 0.2) is 30.3 Å². The molecule has 0 unspecified atom stereocenters. The molecule has 104 valence electrons. The second-order valence-corrected chi connectivity index (χ2v) is 5.44. The van der Waals surface area contributed by atoms with E-state index in [0.717, 1.165) is 33.6 Å². The summed E-state index contributed by atoms with van der Waals surface area (Å²) in [7, 11) is 0. The Labute approximate surface area is 118 Å². The Kier molecular flexibility index (Phi) is 3.22. The molecule has 1 heterocycles. The van der Waals surface area contributed by atoms with Crippen molar-refractivity contribution in [2.45, 2.75) is 26.4 Å². The average Bonchev–Trinajstić information content (AvgIpc) is 2.83. The summed E-state index contributed by atoms with van der Waals surface area (Å²) in [6, 6.07) is 9.29. The van der Waals surface area contributed by atoms with Crippen molar-refractivity contribution in [3.63, 3.8) is 0 Å². The number of aryl methyl sites for hydroxylation is 2. The molecule has 0 saturated heterocycles. The molecule has 2 nitrogen and oxygen atoms in total. The van der Waals surface area contributed by atoms with Gasteiger partial charge in [-0.25, -0.2) is 4.39 Å². The van der Waals surface area contributed by atoms with Gasteiger partial charge >= 0.3 is 0 Å². The Morgan fingerprint density at radius 2 is 2.00 bits per heavy atom. The summed E-state index contributed by atoms with van der Waals surface area (Å²) < 4.78 is 19.8. The molecule has 0 aromatic heterocycles. The van der Waals surface area contributed by atoms with Crippen molar-refractivity contribution in [2.75, 3.05) is 6.54 Å². The molecule has 0 amide bonds. The lowest BCUT2D eigenvalue weighted by molar-refractivity contribution is 0.242. The summed E-state index contributed by atoms with van der Waals surface area (Å²) in [5.41, 5.74) is 10.7. The first-order valence-electron chi connectivity index (χ1n) is 6.85. The molecule has 0 spiro atoms. The molecule has 0 fully saturated rings. The van der Waals surface area contributed by atoms with Gasteiger partial charge in [-0.3, -0.25) is 0 Å². The van der Waals surface area contributed by atoms with Crippen LogP contribution in [0.25, 0.3) is 11.1 Å². The number of hydrogen-bond donors (Lipinski definition) is 1. The lowest BCUT2D eigenvalue weighted by Gasteiger charge is -2.13. The largest absolute Gasteiger partial charge is 0.488 e. The highest BCUT2D eigenvalue weighted by molar-refractivity contribution is 5.76. The second kappa shape index (κ2) is 4.91. The topological polar surface area (TPSA) is 35.2 Å². The summed E-state index contributed by atoms with van der Waals surface area (Å²) >= 11 is 0. The van der Waals surface area contributed by atoms with Gasteiger partial charge in [0.2, 0.25) is 0 Å². The fourth-order valence-corrected chi connectivity index (χ4v) is 2.75. The van der Waals surface area contributed by atoms with Crippen LogP contribution in [0.1, 0.15) is 16.7 Å². The van der Waals surface area contributed by atoms with E-state index >= 15 is 0 Å². The van der Waals surface area contributed by atoms with Gasteiger partial charge in [0.1, 0.15) is 17.7 Å². The van der Waals surface area contributed by atoms with E-state index in [-0.39, 0.29) is 11.9 Å². The van der Waals surface area contributed by atoms with Gasteiger partial charge in [-0.15, -0.1) is 0 Å². The van der Waals surface area contributed by atoms with Gasteiger partial charge in [-0.05, 0) is 37.1 Å². The molecule has 2 N–H and O–H groups in total. The standard InChI is InChI=1S/C17H18FNO/c1-10-3-4-11(2)15(5-10)16-8-13(18)6-12-7-14(9-19)20-17(12)16/h3-6,8,14H,7,9,19H2,1-2H3/t14-/m1/s1. The highest BCUT2D eigenvalue weighted by Gasteiger charge is 2.26. The zero-order chi connectivity index (χ0) is 14.3. The third kappa shape index (κ3) is 2.18. The van der Waals surface area contributed by atoms with E-state index in [4.69, 9.17) is 10.5 Å². The zero-order valence-corrected chi connectivity index (χ0v) is 11.7. The molecular formula is C17H18FNO. The second-order valence-electron chi connectivity index (χ2n) is 5.44. The van der Waals surface area contributed by atoms with Crippen molar-refractivity contribution >= 4 is 0 Å². The lowest BCUT2D eigenvalue weighted by Crippen LogP contribution is -2.24. The van der Waals surface area contributed by atoms with E-state index in [9.17, 15) is 4.39 Å².